The minimum absolute atomic E-state index is 0.312. The molecule has 2 aliphatic rings. The van der Waals surface area contributed by atoms with Crippen molar-refractivity contribution in [3.63, 3.8) is 0 Å². The van der Waals surface area contributed by atoms with Crippen LogP contribution in [-0.2, 0) is 21.2 Å². The van der Waals surface area contributed by atoms with Crippen LogP contribution in [0.3, 0.4) is 0 Å². The molecule has 0 radical (unpaired) electrons. The molecule has 0 amide bonds. The van der Waals surface area contributed by atoms with Gasteiger partial charge in [-0.25, -0.2) is 8.42 Å². The minimum atomic E-state index is -3.26. The Morgan fingerprint density at radius 1 is 1.50 bits per heavy atom. The number of rotatable bonds is 2. The third kappa shape index (κ3) is 1.35. The Balaban J connectivity index is 1.97. The van der Waals surface area contributed by atoms with Crippen LogP contribution in [0.15, 0.2) is 6.20 Å². The molecule has 0 spiro atoms. The zero-order valence-electron chi connectivity index (χ0n) is 8.72. The van der Waals surface area contributed by atoms with E-state index in [1.165, 1.54) is 4.31 Å². The normalized spacial score (nSPS) is 21.6. The van der Waals surface area contributed by atoms with E-state index in [9.17, 15) is 8.42 Å². The first kappa shape index (κ1) is 10.1. The zero-order valence-corrected chi connectivity index (χ0v) is 9.53. The van der Waals surface area contributed by atoms with Gasteiger partial charge in [-0.05, 0) is 12.8 Å². The Bertz CT molecular complexity index is 492. The summed E-state index contributed by atoms with van der Waals surface area (Å²) in [4.78, 5) is 0. The molecule has 2 aliphatic heterocycles. The molecule has 0 saturated carbocycles. The number of aromatic nitrogens is 2. The number of nitrogens with one attached hydrogen (secondary N) is 1. The second-order valence-corrected chi connectivity index (χ2v) is 6.25. The number of fused-ring (bicyclic) bond motifs is 1. The summed E-state index contributed by atoms with van der Waals surface area (Å²) in [6.07, 6.45) is 3.29. The number of anilines is 1. The van der Waals surface area contributed by atoms with E-state index in [1.807, 2.05) is 0 Å². The van der Waals surface area contributed by atoms with Crippen molar-refractivity contribution >= 4 is 15.7 Å². The number of nitrogens with zero attached hydrogens (tertiary/aromatic N) is 2. The molecule has 16 heavy (non-hydrogen) atoms. The first-order valence-electron chi connectivity index (χ1n) is 5.31. The van der Waals surface area contributed by atoms with Gasteiger partial charge in [-0.15, -0.1) is 0 Å². The van der Waals surface area contributed by atoms with Crippen LogP contribution in [0, 0.1) is 0 Å². The lowest BCUT2D eigenvalue weighted by molar-refractivity contribution is 0.0414. The summed E-state index contributed by atoms with van der Waals surface area (Å²) in [7, 11) is -3.26. The van der Waals surface area contributed by atoms with Gasteiger partial charge in [-0.1, -0.05) is 0 Å². The maximum absolute atomic E-state index is 12.2. The van der Waals surface area contributed by atoms with Crippen LogP contribution in [0.1, 0.15) is 12.1 Å². The largest absolute Gasteiger partial charge is 0.378 e. The summed E-state index contributed by atoms with van der Waals surface area (Å²) < 4.78 is 30.9. The summed E-state index contributed by atoms with van der Waals surface area (Å²) in [6.45, 7) is 1.17. The van der Waals surface area contributed by atoms with Gasteiger partial charge in [-0.2, -0.15) is 5.10 Å². The van der Waals surface area contributed by atoms with E-state index >= 15 is 0 Å². The minimum Gasteiger partial charge on any atom is -0.378 e. The lowest BCUT2D eigenvalue weighted by atomic mass is 10.1. The number of hydrogen-bond donors (Lipinski definition) is 1. The van der Waals surface area contributed by atoms with E-state index in [-0.39, 0.29) is 5.25 Å². The second-order valence-electron chi connectivity index (χ2n) is 4.11. The predicted molar refractivity (Wildman–Crippen MR) is 57.8 cm³/mol. The van der Waals surface area contributed by atoms with Crippen molar-refractivity contribution in [2.75, 3.05) is 24.1 Å². The van der Waals surface area contributed by atoms with Crippen molar-refractivity contribution in [2.45, 2.75) is 18.1 Å². The summed E-state index contributed by atoms with van der Waals surface area (Å²) in [5.41, 5.74) is 1.62. The Kier molecular flexibility index (Phi) is 2.18. The highest BCUT2D eigenvalue weighted by molar-refractivity contribution is 7.93. The highest BCUT2D eigenvalue weighted by atomic mass is 32.2. The van der Waals surface area contributed by atoms with Crippen LogP contribution in [-0.4, -0.2) is 43.6 Å². The average molecular weight is 243 g/mol. The lowest BCUT2D eigenvalue weighted by Gasteiger charge is -2.34. The van der Waals surface area contributed by atoms with Crippen molar-refractivity contribution in [2.24, 2.45) is 0 Å². The Labute approximate surface area is 93.6 Å². The molecular formula is C9H13N3O3S. The molecule has 1 saturated heterocycles. The standard InChI is InChI=1S/C9H13N3O3S/c13-16(14,7-5-15-6-7)12-3-1-2-8-9(12)4-10-11-8/h4,7H,1-3,5-6H2,(H,10,11). The van der Waals surface area contributed by atoms with E-state index in [4.69, 9.17) is 4.74 Å². The van der Waals surface area contributed by atoms with Crippen molar-refractivity contribution in [3.8, 4) is 0 Å². The van der Waals surface area contributed by atoms with Gasteiger partial charge in [-0.3, -0.25) is 9.40 Å². The van der Waals surface area contributed by atoms with E-state index < -0.39 is 10.0 Å². The van der Waals surface area contributed by atoms with Gasteiger partial charge >= 0.3 is 0 Å². The Morgan fingerprint density at radius 2 is 2.31 bits per heavy atom. The summed E-state index contributed by atoms with van der Waals surface area (Å²) in [5, 5.41) is 6.37. The van der Waals surface area contributed by atoms with Gasteiger partial charge in [0.25, 0.3) is 0 Å². The van der Waals surface area contributed by atoms with Crippen LogP contribution in [0.4, 0.5) is 5.69 Å². The third-order valence-electron chi connectivity index (χ3n) is 3.09. The molecule has 1 aromatic rings. The van der Waals surface area contributed by atoms with Gasteiger partial charge in [0.2, 0.25) is 10.0 Å². The molecule has 88 valence electrons. The quantitative estimate of drug-likeness (QED) is 0.786. The molecule has 1 N–H and O–H groups in total. The fourth-order valence-electron chi connectivity index (χ4n) is 2.06. The van der Waals surface area contributed by atoms with Crippen LogP contribution in [0.2, 0.25) is 0 Å². The fourth-order valence-corrected chi connectivity index (χ4v) is 3.77. The highest BCUT2D eigenvalue weighted by Crippen LogP contribution is 2.30. The SMILES string of the molecule is O=S(=O)(C1COC1)N1CCCc2[nH]ncc21. The first-order chi connectivity index (χ1) is 7.69. The number of aryl methyl sites for hydroxylation is 1. The maximum atomic E-state index is 12.2. The molecule has 1 aromatic heterocycles. The molecule has 0 aliphatic carbocycles. The molecule has 0 unspecified atom stereocenters. The van der Waals surface area contributed by atoms with Gasteiger partial charge in [0.1, 0.15) is 5.25 Å². The fraction of sp³-hybridized carbons (Fsp3) is 0.667. The maximum Gasteiger partial charge on any atom is 0.242 e. The second kappa shape index (κ2) is 3.46. The first-order valence-corrected chi connectivity index (χ1v) is 6.81. The smallest absolute Gasteiger partial charge is 0.242 e. The number of ether oxygens (including phenoxy) is 1. The van der Waals surface area contributed by atoms with Gasteiger partial charge in [0.15, 0.2) is 0 Å². The third-order valence-corrected chi connectivity index (χ3v) is 5.20. The molecular weight excluding hydrogens is 230 g/mol. The van der Waals surface area contributed by atoms with Crippen molar-refractivity contribution in [1.29, 1.82) is 0 Å². The van der Waals surface area contributed by atoms with Gasteiger partial charge in [0.05, 0.1) is 30.8 Å². The van der Waals surface area contributed by atoms with Crippen LogP contribution < -0.4 is 4.31 Å². The number of H-pyrrole nitrogens is 1. The summed E-state index contributed by atoms with van der Waals surface area (Å²) >= 11 is 0. The number of aromatic amines is 1. The van der Waals surface area contributed by atoms with Crippen LogP contribution in [0.5, 0.6) is 0 Å². The lowest BCUT2D eigenvalue weighted by Crippen LogP contribution is -2.50. The van der Waals surface area contributed by atoms with Crippen LogP contribution in [0.25, 0.3) is 0 Å². The predicted octanol–water partition coefficient (Wildman–Crippen LogP) is -0.109. The summed E-state index contributed by atoms with van der Waals surface area (Å²) in [6, 6.07) is 0. The molecule has 0 atom stereocenters. The Morgan fingerprint density at radius 3 is 3.00 bits per heavy atom. The molecule has 1 fully saturated rings. The Hall–Kier alpha value is -1.08. The van der Waals surface area contributed by atoms with E-state index in [2.05, 4.69) is 10.2 Å². The van der Waals surface area contributed by atoms with Crippen LogP contribution >= 0.6 is 0 Å². The number of hydrogen-bond acceptors (Lipinski definition) is 4. The van der Waals surface area contributed by atoms with Crippen molar-refractivity contribution in [1.82, 2.24) is 10.2 Å². The van der Waals surface area contributed by atoms with E-state index in [0.717, 1.165) is 18.5 Å². The zero-order chi connectivity index (χ0) is 11.2. The molecule has 0 aromatic carbocycles. The summed E-state index contributed by atoms with van der Waals surface area (Å²) in [5.74, 6) is 0. The molecule has 6 nitrogen and oxygen atoms in total. The highest BCUT2D eigenvalue weighted by Gasteiger charge is 2.39. The average Bonchev–Trinajstić information content (AvgIpc) is 2.60. The van der Waals surface area contributed by atoms with E-state index in [1.54, 1.807) is 6.20 Å². The van der Waals surface area contributed by atoms with Crippen molar-refractivity contribution < 1.29 is 13.2 Å². The van der Waals surface area contributed by atoms with Crippen molar-refractivity contribution in [3.05, 3.63) is 11.9 Å². The molecule has 7 heteroatoms. The molecule has 0 bridgehead atoms. The topological polar surface area (TPSA) is 75.3 Å². The number of sulfonamides is 1. The van der Waals surface area contributed by atoms with Gasteiger partial charge < -0.3 is 4.74 Å². The molecule has 3 rings (SSSR count). The van der Waals surface area contributed by atoms with E-state index in [0.29, 0.717) is 25.4 Å². The van der Waals surface area contributed by atoms with Gasteiger partial charge in [0, 0.05) is 6.54 Å². The molecule has 3 heterocycles. The monoisotopic (exact) mass is 243 g/mol.